The highest BCUT2D eigenvalue weighted by molar-refractivity contribution is 6.31. The number of rotatable bonds is 2. The highest BCUT2D eigenvalue weighted by Gasteiger charge is 2.14. The van der Waals surface area contributed by atoms with E-state index in [9.17, 15) is 4.79 Å². The summed E-state index contributed by atoms with van der Waals surface area (Å²) < 4.78 is 9.48. The van der Waals surface area contributed by atoms with Crippen LogP contribution in [0.3, 0.4) is 0 Å². The van der Waals surface area contributed by atoms with Gasteiger partial charge in [0.1, 0.15) is 5.75 Å². The maximum Gasteiger partial charge on any atom is 0.340 e. The number of ether oxygens (including phenoxy) is 2. The monoisotopic (exact) mass is 215 g/mol. The largest absolute Gasteiger partial charge is 0.495 e. The molecule has 0 radical (unpaired) electrons. The van der Waals surface area contributed by atoms with Crippen LogP contribution in [0, 0.1) is 0 Å². The second-order valence-corrected chi connectivity index (χ2v) is 3.00. The third kappa shape index (κ3) is 1.90. The number of hydrogen-bond acceptors (Lipinski definition) is 4. The molecule has 5 heteroatoms. The summed E-state index contributed by atoms with van der Waals surface area (Å²) in [6.07, 6.45) is 0. The number of carbonyl (C=O) groups is 1. The molecule has 0 heterocycles. The first-order valence-corrected chi connectivity index (χ1v) is 4.19. The van der Waals surface area contributed by atoms with Crippen LogP contribution >= 0.6 is 11.6 Å². The molecule has 0 fully saturated rings. The number of benzene rings is 1. The smallest absolute Gasteiger partial charge is 0.340 e. The minimum atomic E-state index is -0.539. The summed E-state index contributed by atoms with van der Waals surface area (Å²) in [5, 5.41) is 0.372. The van der Waals surface area contributed by atoms with Crippen LogP contribution in [0.25, 0.3) is 0 Å². The van der Waals surface area contributed by atoms with E-state index in [1.807, 2.05) is 0 Å². The average Bonchev–Trinajstić information content (AvgIpc) is 2.19. The standard InChI is InChI=1S/C9H10ClNO3/c1-13-7-4-5(10)3-6(8(7)11)9(12)14-2/h3-4H,11H2,1-2H3. The van der Waals surface area contributed by atoms with Crippen LogP contribution < -0.4 is 10.5 Å². The minimum absolute atomic E-state index is 0.205. The van der Waals surface area contributed by atoms with Crippen LogP contribution in [0.1, 0.15) is 10.4 Å². The van der Waals surface area contributed by atoms with Gasteiger partial charge in [-0.05, 0) is 6.07 Å². The summed E-state index contributed by atoms with van der Waals surface area (Å²) in [4.78, 5) is 11.2. The van der Waals surface area contributed by atoms with Gasteiger partial charge in [-0.3, -0.25) is 0 Å². The van der Waals surface area contributed by atoms with Crippen molar-refractivity contribution in [2.45, 2.75) is 0 Å². The molecule has 0 aliphatic carbocycles. The normalized spacial score (nSPS) is 9.64. The topological polar surface area (TPSA) is 61.5 Å². The van der Waals surface area contributed by atoms with E-state index in [1.165, 1.54) is 26.4 Å². The SMILES string of the molecule is COC(=O)c1cc(Cl)cc(OC)c1N. The van der Waals surface area contributed by atoms with Gasteiger partial charge in [0, 0.05) is 11.1 Å². The maximum absolute atomic E-state index is 11.2. The Hall–Kier alpha value is -1.42. The van der Waals surface area contributed by atoms with E-state index < -0.39 is 5.97 Å². The molecular weight excluding hydrogens is 206 g/mol. The fourth-order valence-corrected chi connectivity index (χ4v) is 1.25. The zero-order valence-electron chi connectivity index (χ0n) is 7.83. The molecule has 2 N–H and O–H groups in total. The summed E-state index contributed by atoms with van der Waals surface area (Å²) in [6, 6.07) is 2.97. The third-order valence-electron chi connectivity index (χ3n) is 1.73. The fourth-order valence-electron chi connectivity index (χ4n) is 1.04. The zero-order valence-corrected chi connectivity index (χ0v) is 8.59. The molecule has 1 rings (SSSR count). The molecule has 1 aromatic carbocycles. The lowest BCUT2D eigenvalue weighted by molar-refractivity contribution is 0.0601. The predicted molar refractivity (Wildman–Crippen MR) is 53.8 cm³/mol. The van der Waals surface area contributed by atoms with E-state index >= 15 is 0 Å². The van der Waals surface area contributed by atoms with E-state index in [0.29, 0.717) is 10.8 Å². The summed E-state index contributed by atoms with van der Waals surface area (Å²) in [5.41, 5.74) is 6.09. The molecular formula is C9H10ClNO3. The number of anilines is 1. The second-order valence-electron chi connectivity index (χ2n) is 2.56. The molecule has 0 amide bonds. The zero-order chi connectivity index (χ0) is 10.7. The van der Waals surface area contributed by atoms with Crippen molar-refractivity contribution in [2.75, 3.05) is 20.0 Å². The Morgan fingerprint density at radius 3 is 2.57 bits per heavy atom. The first kappa shape index (κ1) is 10.7. The number of nitrogens with two attached hydrogens (primary N) is 1. The fraction of sp³-hybridized carbons (Fsp3) is 0.222. The van der Waals surface area contributed by atoms with Crippen LogP contribution in [-0.2, 0) is 4.74 Å². The third-order valence-corrected chi connectivity index (χ3v) is 1.95. The molecule has 0 unspecified atom stereocenters. The number of esters is 1. The van der Waals surface area contributed by atoms with E-state index in [0.717, 1.165) is 0 Å². The van der Waals surface area contributed by atoms with Gasteiger partial charge < -0.3 is 15.2 Å². The molecule has 4 nitrogen and oxygen atoms in total. The number of hydrogen-bond donors (Lipinski definition) is 1. The van der Waals surface area contributed by atoms with Crippen LogP contribution in [-0.4, -0.2) is 20.2 Å². The van der Waals surface area contributed by atoms with Crippen molar-refractivity contribution in [1.29, 1.82) is 0 Å². The molecule has 0 aliphatic rings. The molecule has 0 bridgehead atoms. The van der Waals surface area contributed by atoms with Crippen molar-refractivity contribution in [2.24, 2.45) is 0 Å². The molecule has 14 heavy (non-hydrogen) atoms. The Bertz CT molecular complexity index is 365. The Balaban J connectivity index is 3.29. The predicted octanol–water partition coefficient (Wildman–Crippen LogP) is 1.72. The van der Waals surface area contributed by atoms with Crippen LogP contribution in [0.2, 0.25) is 5.02 Å². The van der Waals surface area contributed by atoms with Crippen molar-refractivity contribution >= 4 is 23.3 Å². The average molecular weight is 216 g/mol. The lowest BCUT2D eigenvalue weighted by atomic mass is 10.1. The van der Waals surface area contributed by atoms with Crippen molar-refractivity contribution in [3.8, 4) is 5.75 Å². The maximum atomic E-state index is 11.2. The highest BCUT2D eigenvalue weighted by atomic mass is 35.5. The van der Waals surface area contributed by atoms with Gasteiger partial charge in [-0.25, -0.2) is 4.79 Å². The number of nitrogen functional groups attached to an aromatic ring is 1. The van der Waals surface area contributed by atoms with E-state index in [2.05, 4.69) is 4.74 Å². The van der Waals surface area contributed by atoms with Crippen molar-refractivity contribution < 1.29 is 14.3 Å². The van der Waals surface area contributed by atoms with E-state index in [1.54, 1.807) is 0 Å². The van der Waals surface area contributed by atoms with Crippen LogP contribution in [0.15, 0.2) is 12.1 Å². The number of halogens is 1. The van der Waals surface area contributed by atoms with Gasteiger partial charge in [-0.2, -0.15) is 0 Å². The first-order valence-electron chi connectivity index (χ1n) is 3.81. The molecule has 0 spiro atoms. The molecule has 1 aromatic rings. The van der Waals surface area contributed by atoms with Crippen LogP contribution in [0.4, 0.5) is 5.69 Å². The van der Waals surface area contributed by atoms with Gasteiger partial charge in [-0.1, -0.05) is 11.6 Å². The Morgan fingerprint density at radius 2 is 2.07 bits per heavy atom. The van der Waals surface area contributed by atoms with Gasteiger partial charge in [0.2, 0.25) is 0 Å². The van der Waals surface area contributed by atoms with Gasteiger partial charge in [0.05, 0.1) is 25.5 Å². The Morgan fingerprint density at radius 1 is 1.43 bits per heavy atom. The summed E-state index contributed by atoms with van der Waals surface area (Å²) in [7, 11) is 2.72. The summed E-state index contributed by atoms with van der Waals surface area (Å²) >= 11 is 5.76. The first-order chi connectivity index (χ1) is 6.60. The molecule has 0 saturated heterocycles. The van der Waals surface area contributed by atoms with E-state index in [4.69, 9.17) is 22.1 Å². The van der Waals surface area contributed by atoms with Crippen molar-refractivity contribution in [3.05, 3.63) is 22.7 Å². The van der Waals surface area contributed by atoms with Gasteiger partial charge in [0.25, 0.3) is 0 Å². The summed E-state index contributed by atoms with van der Waals surface area (Å²) in [6.45, 7) is 0. The van der Waals surface area contributed by atoms with Gasteiger partial charge in [-0.15, -0.1) is 0 Å². The lowest BCUT2D eigenvalue weighted by Crippen LogP contribution is -2.06. The quantitative estimate of drug-likeness (QED) is 0.603. The van der Waals surface area contributed by atoms with E-state index in [-0.39, 0.29) is 11.3 Å². The number of carbonyl (C=O) groups excluding carboxylic acids is 1. The molecule has 0 aromatic heterocycles. The minimum Gasteiger partial charge on any atom is -0.495 e. The Labute approximate surface area is 86.6 Å². The van der Waals surface area contributed by atoms with Crippen LogP contribution in [0.5, 0.6) is 5.75 Å². The van der Waals surface area contributed by atoms with Crippen molar-refractivity contribution in [1.82, 2.24) is 0 Å². The molecule has 76 valence electrons. The number of methoxy groups -OCH3 is 2. The van der Waals surface area contributed by atoms with Gasteiger partial charge in [0.15, 0.2) is 0 Å². The molecule has 0 aliphatic heterocycles. The lowest BCUT2D eigenvalue weighted by Gasteiger charge is -2.09. The Kier molecular flexibility index (Phi) is 3.19. The molecule has 0 atom stereocenters. The second kappa shape index (κ2) is 4.19. The molecule has 0 saturated carbocycles. The van der Waals surface area contributed by atoms with Crippen molar-refractivity contribution in [3.63, 3.8) is 0 Å². The highest BCUT2D eigenvalue weighted by Crippen LogP contribution is 2.29. The van der Waals surface area contributed by atoms with Gasteiger partial charge >= 0.3 is 5.97 Å². The summed E-state index contributed by atoms with van der Waals surface area (Å²) in [5.74, 6) is -0.179.